The van der Waals surface area contributed by atoms with Crippen molar-refractivity contribution in [1.82, 2.24) is 4.98 Å². The molecule has 0 fully saturated rings. The Morgan fingerprint density at radius 1 is 1.16 bits per heavy atom. The number of amides is 1. The lowest BCUT2D eigenvalue weighted by molar-refractivity contribution is 0.102. The summed E-state index contributed by atoms with van der Waals surface area (Å²) in [6.07, 6.45) is 4.04. The maximum Gasteiger partial charge on any atom is 0.255 e. The standard InChI is InChI=1S/C21H19ClN2O/c1-2-13-6-9-15(10-7-13)23-21(25)14-8-11-17-19(12-14)24-18-5-3-4-16(18)20(17)22/h6-12H,2-5H2,1H3,(H,23,25). The molecular formula is C21H19ClN2O. The molecule has 25 heavy (non-hydrogen) atoms. The van der Waals surface area contributed by atoms with E-state index in [-0.39, 0.29) is 5.91 Å². The van der Waals surface area contributed by atoms with Crippen molar-refractivity contribution in [3.63, 3.8) is 0 Å². The first-order valence-corrected chi connectivity index (χ1v) is 9.05. The molecule has 1 N–H and O–H groups in total. The van der Waals surface area contributed by atoms with Gasteiger partial charge in [-0.05, 0) is 61.1 Å². The van der Waals surface area contributed by atoms with Crippen LogP contribution in [0.1, 0.15) is 40.5 Å². The van der Waals surface area contributed by atoms with Crippen molar-refractivity contribution in [1.29, 1.82) is 0 Å². The quantitative estimate of drug-likeness (QED) is 0.706. The number of hydrogen-bond acceptors (Lipinski definition) is 2. The van der Waals surface area contributed by atoms with E-state index in [9.17, 15) is 4.79 Å². The molecule has 1 amide bonds. The Labute approximate surface area is 152 Å². The van der Waals surface area contributed by atoms with E-state index >= 15 is 0 Å². The van der Waals surface area contributed by atoms with Crippen LogP contribution < -0.4 is 5.32 Å². The molecule has 3 nitrogen and oxygen atoms in total. The van der Waals surface area contributed by atoms with Crippen LogP contribution in [0.3, 0.4) is 0 Å². The minimum Gasteiger partial charge on any atom is -0.322 e. The highest BCUT2D eigenvalue weighted by molar-refractivity contribution is 6.36. The summed E-state index contributed by atoms with van der Waals surface area (Å²) < 4.78 is 0. The lowest BCUT2D eigenvalue weighted by atomic mass is 10.1. The summed E-state index contributed by atoms with van der Waals surface area (Å²) in [5, 5.41) is 4.66. The maximum absolute atomic E-state index is 12.6. The Hall–Kier alpha value is -2.39. The van der Waals surface area contributed by atoms with Gasteiger partial charge in [0.05, 0.1) is 10.5 Å². The molecule has 2 aromatic carbocycles. The van der Waals surface area contributed by atoms with Gasteiger partial charge in [0.2, 0.25) is 0 Å². The highest BCUT2D eigenvalue weighted by Crippen LogP contribution is 2.33. The van der Waals surface area contributed by atoms with Gasteiger partial charge >= 0.3 is 0 Å². The Morgan fingerprint density at radius 2 is 1.96 bits per heavy atom. The molecular weight excluding hydrogens is 332 g/mol. The molecule has 0 saturated heterocycles. The van der Waals surface area contributed by atoms with Crippen LogP contribution in [-0.4, -0.2) is 10.9 Å². The number of halogens is 1. The highest BCUT2D eigenvalue weighted by atomic mass is 35.5. The van der Waals surface area contributed by atoms with Crippen molar-refractivity contribution in [2.45, 2.75) is 32.6 Å². The maximum atomic E-state index is 12.6. The van der Waals surface area contributed by atoms with Gasteiger partial charge in [-0.25, -0.2) is 0 Å². The number of pyridine rings is 1. The van der Waals surface area contributed by atoms with E-state index in [1.807, 2.05) is 42.5 Å². The smallest absolute Gasteiger partial charge is 0.255 e. The Bertz CT molecular complexity index is 964. The van der Waals surface area contributed by atoms with E-state index in [2.05, 4.69) is 12.2 Å². The average molecular weight is 351 g/mol. The van der Waals surface area contributed by atoms with Crippen molar-refractivity contribution in [2.24, 2.45) is 0 Å². The van der Waals surface area contributed by atoms with Gasteiger partial charge in [0.25, 0.3) is 5.91 Å². The summed E-state index contributed by atoms with van der Waals surface area (Å²) in [6, 6.07) is 13.5. The summed E-state index contributed by atoms with van der Waals surface area (Å²) in [7, 11) is 0. The second-order valence-corrected chi connectivity index (χ2v) is 6.82. The van der Waals surface area contributed by atoms with Gasteiger partial charge in [0.1, 0.15) is 0 Å². The third-order valence-corrected chi connectivity index (χ3v) is 5.26. The third-order valence-electron chi connectivity index (χ3n) is 4.83. The molecule has 1 aliphatic carbocycles. The summed E-state index contributed by atoms with van der Waals surface area (Å²) in [6.45, 7) is 2.11. The third kappa shape index (κ3) is 3.00. The monoisotopic (exact) mass is 350 g/mol. The van der Waals surface area contributed by atoms with Crippen molar-refractivity contribution in [3.8, 4) is 0 Å². The minimum atomic E-state index is -0.135. The van der Waals surface area contributed by atoms with E-state index in [0.717, 1.165) is 53.0 Å². The first kappa shape index (κ1) is 16.1. The molecule has 0 aliphatic heterocycles. The molecule has 0 unspecified atom stereocenters. The highest BCUT2D eigenvalue weighted by Gasteiger charge is 2.19. The lowest BCUT2D eigenvalue weighted by Crippen LogP contribution is -2.12. The average Bonchev–Trinajstić information content (AvgIpc) is 3.11. The van der Waals surface area contributed by atoms with Crippen LogP contribution in [0.2, 0.25) is 5.02 Å². The molecule has 3 aromatic rings. The number of rotatable bonds is 3. The second-order valence-electron chi connectivity index (χ2n) is 6.44. The minimum absolute atomic E-state index is 0.135. The summed E-state index contributed by atoms with van der Waals surface area (Å²) in [5.41, 5.74) is 5.67. The first-order valence-electron chi connectivity index (χ1n) is 8.67. The van der Waals surface area contributed by atoms with Crippen molar-refractivity contribution >= 4 is 34.1 Å². The van der Waals surface area contributed by atoms with Crippen molar-refractivity contribution in [2.75, 3.05) is 5.32 Å². The topological polar surface area (TPSA) is 42.0 Å². The zero-order valence-corrected chi connectivity index (χ0v) is 14.9. The van der Waals surface area contributed by atoms with E-state index < -0.39 is 0 Å². The summed E-state index contributed by atoms with van der Waals surface area (Å²) in [5.74, 6) is -0.135. The van der Waals surface area contributed by atoms with E-state index in [1.54, 1.807) is 0 Å². The zero-order valence-electron chi connectivity index (χ0n) is 14.1. The van der Waals surface area contributed by atoms with Crippen LogP contribution in [0.25, 0.3) is 10.9 Å². The fourth-order valence-electron chi connectivity index (χ4n) is 3.37. The largest absolute Gasteiger partial charge is 0.322 e. The fraction of sp³-hybridized carbons (Fsp3) is 0.238. The Kier molecular flexibility index (Phi) is 4.18. The first-order chi connectivity index (χ1) is 12.2. The van der Waals surface area contributed by atoms with Gasteiger partial charge in [-0.3, -0.25) is 9.78 Å². The number of fused-ring (bicyclic) bond motifs is 2. The van der Waals surface area contributed by atoms with Gasteiger partial charge in [0, 0.05) is 22.3 Å². The second kappa shape index (κ2) is 6.49. The lowest BCUT2D eigenvalue weighted by Gasteiger charge is -2.09. The SMILES string of the molecule is CCc1ccc(NC(=O)c2ccc3c(Cl)c4c(nc3c2)CCC4)cc1. The number of carbonyl (C=O) groups is 1. The van der Waals surface area contributed by atoms with E-state index in [0.29, 0.717) is 5.56 Å². The molecule has 1 aromatic heterocycles. The molecule has 4 heteroatoms. The zero-order chi connectivity index (χ0) is 17.4. The van der Waals surface area contributed by atoms with Gasteiger partial charge in [-0.1, -0.05) is 36.7 Å². The number of anilines is 1. The normalized spacial score (nSPS) is 13.0. The van der Waals surface area contributed by atoms with Crippen LogP contribution >= 0.6 is 11.6 Å². The molecule has 0 atom stereocenters. The van der Waals surface area contributed by atoms with Gasteiger partial charge < -0.3 is 5.32 Å². The number of carbonyl (C=O) groups excluding carboxylic acids is 1. The Morgan fingerprint density at radius 3 is 2.72 bits per heavy atom. The molecule has 0 saturated carbocycles. The predicted octanol–water partition coefficient (Wildman–Crippen LogP) is 5.19. The molecule has 0 spiro atoms. The number of aryl methyl sites for hydroxylation is 2. The van der Waals surface area contributed by atoms with E-state index in [1.165, 1.54) is 11.1 Å². The number of aromatic nitrogens is 1. The fourth-order valence-corrected chi connectivity index (χ4v) is 3.74. The molecule has 0 bridgehead atoms. The van der Waals surface area contributed by atoms with Crippen molar-refractivity contribution < 1.29 is 4.79 Å². The van der Waals surface area contributed by atoms with Crippen molar-refractivity contribution in [3.05, 3.63) is 69.9 Å². The molecule has 4 rings (SSSR count). The van der Waals surface area contributed by atoms with Crippen LogP contribution in [0, 0.1) is 0 Å². The molecule has 126 valence electrons. The molecule has 1 heterocycles. The van der Waals surface area contributed by atoms with E-state index in [4.69, 9.17) is 16.6 Å². The summed E-state index contributed by atoms with van der Waals surface area (Å²) >= 11 is 6.54. The Balaban J connectivity index is 1.64. The van der Waals surface area contributed by atoms with Gasteiger partial charge in [0.15, 0.2) is 0 Å². The van der Waals surface area contributed by atoms with Gasteiger partial charge in [-0.2, -0.15) is 0 Å². The predicted molar refractivity (Wildman–Crippen MR) is 103 cm³/mol. The number of nitrogens with zero attached hydrogens (tertiary/aromatic N) is 1. The van der Waals surface area contributed by atoms with Crippen LogP contribution in [-0.2, 0) is 19.3 Å². The van der Waals surface area contributed by atoms with Crippen LogP contribution in [0.15, 0.2) is 42.5 Å². The molecule has 0 radical (unpaired) electrons. The number of hydrogen-bond donors (Lipinski definition) is 1. The van der Waals surface area contributed by atoms with Gasteiger partial charge in [-0.15, -0.1) is 0 Å². The number of benzene rings is 2. The van der Waals surface area contributed by atoms with Crippen LogP contribution in [0.5, 0.6) is 0 Å². The summed E-state index contributed by atoms with van der Waals surface area (Å²) in [4.78, 5) is 17.3. The van der Waals surface area contributed by atoms with Crippen LogP contribution in [0.4, 0.5) is 5.69 Å². The molecule has 1 aliphatic rings. The number of nitrogens with one attached hydrogen (secondary N) is 1.